The van der Waals surface area contributed by atoms with E-state index in [1.54, 1.807) is 6.07 Å². The monoisotopic (exact) mass is 334 g/mol. The summed E-state index contributed by atoms with van der Waals surface area (Å²) in [5.74, 6) is 0.801. The second kappa shape index (κ2) is 7.55. The Balaban J connectivity index is 1.82. The van der Waals surface area contributed by atoms with E-state index >= 15 is 0 Å². The first-order valence-corrected chi connectivity index (χ1v) is 8.32. The molecule has 0 unspecified atom stereocenters. The average Bonchev–Trinajstić information content (AvgIpc) is 2.47. The standard InChI is InChI=1S/C18H26N2O4/c1-18(2,3)24-17(22)20-10-5-11-23-15-9-8-13(19)16-12(15)6-4-7-14(16)21/h8-9H,4-7,10-11,19H2,1-3H3,(H,20,22). The predicted octanol–water partition coefficient (Wildman–Crippen LogP) is 3.08. The molecule has 0 atom stereocenters. The van der Waals surface area contributed by atoms with Crippen molar-refractivity contribution in [2.45, 2.75) is 52.1 Å². The molecule has 1 aromatic rings. The lowest BCUT2D eigenvalue weighted by atomic mass is 9.89. The highest BCUT2D eigenvalue weighted by molar-refractivity contribution is 6.03. The van der Waals surface area contributed by atoms with Gasteiger partial charge in [-0.25, -0.2) is 4.79 Å². The van der Waals surface area contributed by atoms with Gasteiger partial charge in [0.15, 0.2) is 5.78 Å². The second-order valence-corrected chi connectivity index (χ2v) is 6.91. The Labute approximate surface area is 142 Å². The summed E-state index contributed by atoms with van der Waals surface area (Å²) in [6.07, 6.45) is 2.38. The zero-order valence-corrected chi connectivity index (χ0v) is 14.6. The van der Waals surface area contributed by atoms with Crippen LogP contribution < -0.4 is 15.8 Å². The predicted molar refractivity (Wildman–Crippen MR) is 92.5 cm³/mol. The van der Waals surface area contributed by atoms with Gasteiger partial charge >= 0.3 is 6.09 Å². The van der Waals surface area contributed by atoms with Gasteiger partial charge in [0, 0.05) is 29.8 Å². The van der Waals surface area contributed by atoms with Crippen LogP contribution in [0.1, 0.15) is 56.0 Å². The van der Waals surface area contributed by atoms with Crippen molar-refractivity contribution in [2.24, 2.45) is 0 Å². The second-order valence-electron chi connectivity index (χ2n) is 6.91. The van der Waals surface area contributed by atoms with Crippen LogP contribution in [0.5, 0.6) is 5.75 Å². The van der Waals surface area contributed by atoms with E-state index in [-0.39, 0.29) is 5.78 Å². The van der Waals surface area contributed by atoms with Crippen LogP contribution in [0.3, 0.4) is 0 Å². The van der Waals surface area contributed by atoms with E-state index in [1.165, 1.54) is 0 Å². The Kier molecular flexibility index (Phi) is 5.70. The average molecular weight is 334 g/mol. The minimum Gasteiger partial charge on any atom is -0.493 e. The van der Waals surface area contributed by atoms with Crippen LogP contribution >= 0.6 is 0 Å². The van der Waals surface area contributed by atoms with Crippen molar-refractivity contribution in [1.29, 1.82) is 0 Å². The quantitative estimate of drug-likeness (QED) is 0.638. The van der Waals surface area contributed by atoms with Crippen molar-refractivity contribution < 1.29 is 19.1 Å². The number of ether oxygens (including phenoxy) is 2. The number of nitrogen functional groups attached to an aromatic ring is 1. The lowest BCUT2D eigenvalue weighted by Gasteiger charge is -2.21. The fraction of sp³-hybridized carbons (Fsp3) is 0.556. The molecule has 1 aliphatic rings. The van der Waals surface area contributed by atoms with Gasteiger partial charge in [0.05, 0.1) is 6.61 Å². The fourth-order valence-corrected chi connectivity index (χ4v) is 2.67. The van der Waals surface area contributed by atoms with E-state index in [2.05, 4.69) is 5.32 Å². The van der Waals surface area contributed by atoms with Crippen LogP contribution in [0.15, 0.2) is 12.1 Å². The summed E-state index contributed by atoms with van der Waals surface area (Å²) < 4.78 is 11.0. The lowest BCUT2D eigenvalue weighted by molar-refractivity contribution is 0.0525. The summed E-state index contributed by atoms with van der Waals surface area (Å²) in [7, 11) is 0. The molecule has 1 aromatic carbocycles. The van der Waals surface area contributed by atoms with Gasteiger partial charge in [-0.1, -0.05) is 0 Å². The summed E-state index contributed by atoms with van der Waals surface area (Å²) in [5.41, 5.74) is 7.47. The number of rotatable bonds is 5. The number of alkyl carbamates (subject to hydrolysis) is 1. The van der Waals surface area contributed by atoms with Gasteiger partial charge in [-0.3, -0.25) is 4.79 Å². The van der Waals surface area contributed by atoms with Gasteiger partial charge in [0.25, 0.3) is 0 Å². The van der Waals surface area contributed by atoms with Crippen LogP contribution in [-0.4, -0.2) is 30.6 Å². The fourth-order valence-electron chi connectivity index (χ4n) is 2.67. The van der Waals surface area contributed by atoms with Crippen molar-refractivity contribution in [3.63, 3.8) is 0 Å². The van der Waals surface area contributed by atoms with Gasteiger partial charge in [-0.15, -0.1) is 0 Å². The normalized spacial score (nSPS) is 14.0. The first-order valence-electron chi connectivity index (χ1n) is 8.32. The molecule has 3 N–H and O–H groups in total. The van der Waals surface area contributed by atoms with Gasteiger partial charge in [0.2, 0.25) is 0 Å². The maximum absolute atomic E-state index is 12.0. The van der Waals surface area contributed by atoms with Crippen LogP contribution in [-0.2, 0) is 11.2 Å². The van der Waals surface area contributed by atoms with Gasteiger partial charge in [-0.05, 0) is 52.2 Å². The number of benzene rings is 1. The molecule has 0 aliphatic heterocycles. The highest BCUT2D eigenvalue weighted by atomic mass is 16.6. The molecule has 0 saturated carbocycles. The first-order chi connectivity index (χ1) is 11.3. The number of hydrogen-bond acceptors (Lipinski definition) is 5. The summed E-state index contributed by atoms with van der Waals surface area (Å²) in [6, 6.07) is 3.53. The van der Waals surface area contributed by atoms with E-state index in [1.807, 2.05) is 26.8 Å². The molecular weight excluding hydrogens is 308 g/mol. The third kappa shape index (κ3) is 4.88. The molecule has 0 heterocycles. The molecule has 0 bridgehead atoms. The van der Waals surface area contributed by atoms with Crippen molar-refractivity contribution in [3.8, 4) is 5.75 Å². The Morgan fingerprint density at radius 2 is 2.04 bits per heavy atom. The largest absolute Gasteiger partial charge is 0.493 e. The summed E-state index contributed by atoms with van der Waals surface area (Å²) in [5, 5.41) is 2.69. The molecule has 2 rings (SSSR count). The van der Waals surface area contributed by atoms with Crippen molar-refractivity contribution >= 4 is 17.6 Å². The molecule has 1 amide bonds. The Morgan fingerprint density at radius 1 is 1.29 bits per heavy atom. The number of carbonyl (C=O) groups excluding carboxylic acids is 2. The van der Waals surface area contributed by atoms with E-state index in [9.17, 15) is 9.59 Å². The number of anilines is 1. The topological polar surface area (TPSA) is 90.7 Å². The number of ketones is 1. The van der Waals surface area contributed by atoms with Gasteiger partial charge in [0.1, 0.15) is 11.4 Å². The number of carbonyl (C=O) groups is 2. The maximum atomic E-state index is 12.0. The molecule has 6 heteroatoms. The summed E-state index contributed by atoms with van der Waals surface area (Å²) >= 11 is 0. The number of nitrogens with one attached hydrogen (secondary N) is 1. The first kappa shape index (κ1) is 18.1. The third-order valence-electron chi connectivity index (χ3n) is 3.66. The molecular formula is C18H26N2O4. The van der Waals surface area contributed by atoms with Gasteiger partial charge < -0.3 is 20.5 Å². The van der Waals surface area contributed by atoms with Gasteiger partial charge in [-0.2, -0.15) is 0 Å². The number of nitrogens with two attached hydrogens (primary N) is 1. The smallest absolute Gasteiger partial charge is 0.407 e. The van der Waals surface area contributed by atoms with Crippen LogP contribution in [0, 0.1) is 0 Å². The number of hydrogen-bond donors (Lipinski definition) is 2. The van der Waals surface area contributed by atoms with Crippen LogP contribution in [0.2, 0.25) is 0 Å². The number of fused-ring (bicyclic) bond motifs is 1. The summed E-state index contributed by atoms with van der Waals surface area (Å²) in [6.45, 7) is 6.37. The van der Waals surface area contributed by atoms with Crippen LogP contribution in [0.4, 0.5) is 10.5 Å². The Hall–Kier alpha value is -2.24. The highest BCUT2D eigenvalue weighted by Crippen LogP contribution is 2.33. The van der Waals surface area contributed by atoms with E-state index in [0.29, 0.717) is 43.0 Å². The molecule has 24 heavy (non-hydrogen) atoms. The molecule has 0 radical (unpaired) electrons. The van der Waals surface area contributed by atoms with Crippen molar-refractivity contribution in [2.75, 3.05) is 18.9 Å². The SMILES string of the molecule is CC(C)(C)OC(=O)NCCCOc1ccc(N)c2c1CCCC2=O. The van der Waals surface area contributed by atoms with E-state index in [4.69, 9.17) is 15.2 Å². The number of Topliss-reactive ketones (excluding diaryl/α,β-unsaturated/α-hetero) is 1. The Morgan fingerprint density at radius 3 is 2.75 bits per heavy atom. The molecule has 0 saturated heterocycles. The van der Waals surface area contributed by atoms with Crippen molar-refractivity contribution in [3.05, 3.63) is 23.3 Å². The third-order valence-corrected chi connectivity index (χ3v) is 3.66. The molecule has 6 nitrogen and oxygen atoms in total. The zero-order valence-electron chi connectivity index (χ0n) is 14.6. The Bertz CT molecular complexity index is 620. The van der Waals surface area contributed by atoms with Crippen molar-refractivity contribution in [1.82, 2.24) is 5.32 Å². The highest BCUT2D eigenvalue weighted by Gasteiger charge is 2.23. The van der Waals surface area contributed by atoms with E-state index in [0.717, 1.165) is 18.4 Å². The number of amides is 1. The van der Waals surface area contributed by atoms with Crippen LogP contribution in [0.25, 0.3) is 0 Å². The minimum absolute atomic E-state index is 0.0887. The zero-order chi connectivity index (χ0) is 17.7. The molecule has 132 valence electrons. The molecule has 1 aliphatic carbocycles. The minimum atomic E-state index is -0.504. The molecule has 0 fully saturated rings. The maximum Gasteiger partial charge on any atom is 0.407 e. The summed E-state index contributed by atoms with van der Waals surface area (Å²) in [4.78, 5) is 23.6. The molecule has 0 aromatic heterocycles. The molecule has 0 spiro atoms. The van der Waals surface area contributed by atoms with E-state index < -0.39 is 11.7 Å². The lowest BCUT2D eigenvalue weighted by Crippen LogP contribution is -2.33.